The standard InChI is InChI=1S/C14H23N5O8S2/c1-8(20)16-10-3-2-4-12(10)28(22,23)17-13(15)11-6-5-9-7-18(11)14(21)19(9)27-29(24,25)26/h9-12H,2-7H2,1H3,(H2,15,17)(H,16,20)(H,24,25,26)/t9-,10?,11+,12?/m1/s1. The van der Waals surface area contributed by atoms with Gasteiger partial charge in [-0.15, -0.1) is 8.68 Å². The first-order valence-corrected chi connectivity index (χ1v) is 11.9. The van der Waals surface area contributed by atoms with Gasteiger partial charge in [-0.2, -0.15) is 13.5 Å². The number of piperidine rings is 1. The van der Waals surface area contributed by atoms with E-state index in [1.807, 2.05) is 0 Å². The Kier molecular flexibility index (Phi) is 5.77. The fourth-order valence-electron chi connectivity index (χ4n) is 4.12. The first kappa shape index (κ1) is 21.7. The van der Waals surface area contributed by atoms with E-state index in [0.717, 1.165) is 4.90 Å². The largest absolute Gasteiger partial charge is 0.418 e. The van der Waals surface area contributed by atoms with Gasteiger partial charge in [0.1, 0.15) is 11.1 Å². The molecule has 3 amide bonds. The van der Waals surface area contributed by atoms with Crippen molar-refractivity contribution in [1.82, 2.24) is 15.3 Å². The van der Waals surface area contributed by atoms with Crippen molar-refractivity contribution in [3.8, 4) is 0 Å². The average Bonchev–Trinajstić information content (AvgIpc) is 3.13. The minimum Gasteiger partial charge on any atom is -0.385 e. The number of urea groups is 1. The number of sulfonamides is 1. The number of nitrogens with zero attached hydrogens (tertiary/aromatic N) is 3. The van der Waals surface area contributed by atoms with Gasteiger partial charge in [0.2, 0.25) is 5.91 Å². The van der Waals surface area contributed by atoms with E-state index in [2.05, 4.69) is 14.0 Å². The van der Waals surface area contributed by atoms with Crippen LogP contribution in [0.15, 0.2) is 4.40 Å². The van der Waals surface area contributed by atoms with E-state index in [0.29, 0.717) is 24.3 Å². The molecule has 4 N–H and O–H groups in total. The quantitative estimate of drug-likeness (QED) is 0.250. The van der Waals surface area contributed by atoms with Crippen molar-refractivity contribution >= 4 is 38.2 Å². The summed E-state index contributed by atoms with van der Waals surface area (Å²) in [5.74, 6) is -0.632. The van der Waals surface area contributed by atoms with Crippen LogP contribution >= 0.6 is 0 Å². The van der Waals surface area contributed by atoms with E-state index >= 15 is 0 Å². The van der Waals surface area contributed by atoms with Gasteiger partial charge < -0.3 is 16.0 Å². The predicted octanol–water partition coefficient (Wildman–Crippen LogP) is -1.27. The summed E-state index contributed by atoms with van der Waals surface area (Å²) in [7, 11) is -8.94. The van der Waals surface area contributed by atoms with Gasteiger partial charge in [-0.3, -0.25) is 9.35 Å². The normalized spacial score (nSPS) is 30.7. The summed E-state index contributed by atoms with van der Waals surface area (Å²) in [5, 5.41) is 2.25. The summed E-state index contributed by atoms with van der Waals surface area (Å²) in [4.78, 5) is 24.9. The Morgan fingerprint density at radius 2 is 1.93 bits per heavy atom. The Bertz CT molecular complexity index is 934. The van der Waals surface area contributed by atoms with Gasteiger partial charge in [0.15, 0.2) is 0 Å². The summed E-state index contributed by atoms with van der Waals surface area (Å²) < 4.78 is 64.2. The first-order chi connectivity index (χ1) is 13.4. The van der Waals surface area contributed by atoms with Crippen molar-refractivity contribution in [1.29, 1.82) is 0 Å². The van der Waals surface area contributed by atoms with Crippen molar-refractivity contribution in [2.75, 3.05) is 6.54 Å². The number of nitrogens with two attached hydrogens (primary N) is 1. The summed E-state index contributed by atoms with van der Waals surface area (Å²) in [6, 6.07) is -2.90. The summed E-state index contributed by atoms with van der Waals surface area (Å²) in [5.41, 5.74) is 5.93. The van der Waals surface area contributed by atoms with Crippen LogP contribution < -0.4 is 11.1 Å². The minimum absolute atomic E-state index is 0.0488. The van der Waals surface area contributed by atoms with Gasteiger partial charge >= 0.3 is 16.4 Å². The van der Waals surface area contributed by atoms with E-state index in [9.17, 15) is 26.4 Å². The number of fused-ring (bicyclic) bond motifs is 2. The topological polar surface area (TPSA) is 189 Å². The average molecular weight is 453 g/mol. The molecule has 2 aliphatic heterocycles. The van der Waals surface area contributed by atoms with Crippen LogP contribution in [-0.2, 0) is 29.5 Å². The van der Waals surface area contributed by atoms with Gasteiger partial charge in [-0.25, -0.2) is 13.2 Å². The fraction of sp³-hybridized carbons (Fsp3) is 0.786. The molecule has 1 aliphatic carbocycles. The molecule has 1 saturated carbocycles. The van der Waals surface area contributed by atoms with E-state index < -0.39 is 49.8 Å². The molecule has 164 valence electrons. The van der Waals surface area contributed by atoms with Gasteiger partial charge in [0.25, 0.3) is 10.0 Å². The first-order valence-electron chi connectivity index (χ1n) is 9.02. The Morgan fingerprint density at radius 3 is 2.55 bits per heavy atom. The summed E-state index contributed by atoms with van der Waals surface area (Å²) >= 11 is 0. The van der Waals surface area contributed by atoms with Crippen molar-refractivity contribution in [3.05, 3.63) is 0 Å². The Hall–Kier alpha value is -1.97. The molecule has 0 aromatic carbocycles. The number of hydroxylamine groups is 2. The van der Waals surface area contributed by atoms with E-state index in [4.69, 9.17) is 10.3 Å². The van der Waals surface area contributed by atoms with Crippen molar-refractivity contribution in [3.63, 3.8) is 0 Å². The van der Waals surface area contributed by atoms with Crippen LogP contribution in [0.4, 0.5) is 4.79 Å². The third-order valence-electron chi connectivity index (χ3n) is 5.30. The number of nitrogens with one attached hydrogen (secondary N) is 1. The van der Waals surface area contributed by atoms with E-state index in [-0.39, 0.29) is 31.1 Å². The zero-order valence-corrected chi connectivity index (χ0v) is 17.2. The molecular weight excluding hydrogens is 430 g/mol. The Labute approximate surface area is 168 Å². The SMILES string of the molecule is CC(=O)NC1CCCC1S(=O)(=O)N=C(N)[C@@H]1CC[C@@H]2CN1C(=O)N2OS(=O)(=O)O. The third-order valence-corrected chi connectivity index (χ3v) is 7.44. The zero-order valence-electron chi connectivity index (χ0n) is 15.6. The van der Waals surface area contributed by atoms with Crippen LogP contribution in [0.3, 0.4) is 0 Å². The predicted molar refractivity (Wildman–Crippen MR) is 99.2 cm³/mol. The molecular formula is C14H23N5O8S2. The molecule has 13 nitrogen and oxygen atoms in total. The molecule has 15 heteroatoms. The number of carbonyl (C=O) groups is 2. The molecule has 4 atom stereocenters. The highest BCUT2D eigenvalue weighted by Gasteiger charge is 2.49. The lowest BCUT2D eigenvalue weighted by Gasteiger charge is -2.29. The molecule has 0 aromatic heterocycles. The second kappa shape index (κ2) is 7.70. The number of rotatable bonds is 6. The number of hydrogen-bond donors (Lipinski definition) is 3. The van der Waals surface area contributed by atoms with Crippen LogP contribution in [0, 0.1) is 0 Å². The van der Waals surface area contributed by atoms with Crippen LogP contribution in [0.25, 0.3) is 0 Å². The third kappa shape index (κ3) is 4.62. The molecule has 0 radical (unpaired) electrons. The van der Waals surface area contributed by atoms with Gasteiger partial charge in [0, 0.05) is 19.5 Å². The smallest absolute Gasteiger partial charge is 0.385 e. The molecule has 29 heavy (non-hydrogen) atoms. The number of hydrogen-bond acceptors (Lipinski definition) is 7. The summed E-state index contributed by atoms with van der Waals surface area (Å²) in [6.07, 6.45) is 1.97. The fourth-order valence-corrected chi connectivity index (χ4v) is 6.15. The van der Waals surface area contributed by atoms with Crippen molar-refractivity contribution in [2.24, 2.45) is 10.1 Å². The second-order valence-corrected chi connectivity index (χ2v) is 10.1. The maximum absolute atomic E-state index is 12.7. The van der Waals surface area contributed by atoms with Gasteiger partial charge in [-0.05, 0) is 32.1 Å². The molecule has 2 saturated heterocycles. The monoisotopic (exact) mass is 453 g/mol. The molecule has 0 aromatic rings. The lowest BCUT2D eigenvalue weighted by Crippen LogP contribution is -2.49. The molecule has 3 rings (SSSR count). The molecule has 2 heterocycles. The van der Waals surface area contributed by atoms with Gasteiger partial charge in [0.05, 0.1) is 12.1 Å². The van der Waals surface area contributed by atoms with Crippen LogP contribution in [0.5, 0.6) is 0 Å². The lowest BCUT2D eigenvalue weighted by molar-refractivity contribution is -0.119. The number of carbonyl (C=O) groups excluding carboxylic acids is 2. The number of amidine groups is 1. The van der Waals surface area contributed by atoms with Gasteiger partial charge in [-0.1, -0.05) is 0 Å². The molecule has 2 unspecified atom stereocenters. The lowest BCUT2D eigenvalue weighted by atomic mass is 10.0. The van der Waals surface area contributed by atoms with Crippen LogP contribution in [0.2, 0.25) is 0 Å². The second-order valence-electron chi connectivity index (χ2n) is 7.32. The molecule has 2 bridgehead atoms. The van der Waals surface area contributed by atoms with Crippen molar-refractivity contribution in [2.45, 2.75) is 62.4 Å². The van der Waals surface area contributed by atoms with Crippen molar-refractivity contribution < 1.29 is 35.3 Å². The highest BCUT2D eigenvalue weighted by molar-refractivity contribution is 7.91. The van der Waals surface area contributed by atoms with Crippen LogP contribution in [-0.4, -0.2) is 79.0 Å². The Balaban J connectivity index is 1.78. The Morgan fingerprint density at radius 1 is 1.24 bits per heavy atom. The van der Waals surface area contributed by atoms with E-state index in [1.165, 1.54) is 6.92 Å². The summed E-state index contributed by atoms with van der Waals surface area (Å²) in [6.45, 7) is 1.35. The number of amides is 3. The highest BCUT2D eigenvalue weighted by Crippen LogP contribution is 2.32. The van der Waals surface area contributed by atoms with E-state index in [1.54, 1.807) is 0 Å². The molecule has 3 fully saturated rings. The maximum atomic E-state index is 12.7. The molecule has 3 aliphatic rings. The highest BCUT2D eigenvalue weighted by atomic mass is 32.3. The zero-order chi connectivity index (χ0) is 21.6. The minimum atomic E-state index is -4.89. The maximum Gasteiger partial charge on any atom is 0.418 e. The van der Waals surface area contributed by atoms with Crippen LogP contribution in [0.1, 0.15) is 39.0 Å². The molecule has 0 spiro atoms.